The molecule has 1 aromatic heterocycles. The Balaban J connectivity index is 2.62. The Kier molecular flexibility index (Phi) is 4.55. The first kappa shape index (κ1) is 14.4. The molecule has 5 nitrogen and oxygen atoms in total. The summed E-state index contributed by atoms with van der Waals surface area (Å²) in [6, 6.07) is 0. The lowest BCUT2D eigenvalue weighted by Gasteiger charge is -2.18. The maximum atomic E-state index is 11.9. The molecule has 98 valence electrons. The Hall–Kier alpha value is -0.620. The zero-order valence-corrected chi connectivity index (χ0v) is 11.9. The van der Waals surface area contributed by atoms with Crippen molar-refractivity contribution >= 4 is 21.4 Å². The average Bonchev–Trinajstić information content (AvgIpc) is 2.62. The minimum atomic E-state index is -3.11. The highest BCUT2D eigenvalue weighted by Crippen LogP contribution is 2.16. The summed E-state index contributed by atoms with van der Waals surface area (Å²) in [7, 11) is -3.11. The van der Waals surface area contributed by atoms with E-state index in [9.17, 15) is 8.42 Å². The Morgan fingerprint density at radius 2 is 2.06 bits per heavy atom. The minimum Gasteiger partial charge on any atom is -0.251 e. The second-order valence-electron chi connectivity index (χ2n) is 4.84. The quantitative estimate of drug-likeness (QED) is 0.762. The van der Waals surface area contributed by atoms with Gasteiger partial charge in [0.15, 0.2) is 9.84 Å². The van der Waals surface area contributed by atoms with Crippen LogP contribution in [0.5, 0.6) is 0 Å². The molecule has 1 rings (SSSR count). The van der Waals surface area contributed by atoms with Gasteiger partial charge in [-0.3, -0.25) is 4.68 Å². The van der Waals surface area contributed by atoms with Crippen LogP contribution in [0.2, 0.25) is 0 Å². The van der Waals surface area contributed by atoms with Crippen LogP contribution in [0.15, 0.2) is 6.20 Å². The number of hydrogen-bond donors (Lipinski definition) is 0. The van der Waals surface area contributed by atoms with Crippen molar-refractivity contribution in [1.29, 1.82) is 0 Å². The number of nitrogens with zero attached hydrogens (tertiary/aromatic N) is 3. The molecule has 0 saturated heterocycles. The van der Waals surface area contributed by atoms with Crippen molar-refractivity contribution in [3.63, 3.8) is 0 Å². The summed E-state index contributed by atoms with van der Waals surface area (Å²) in [4.78, 5) is 0. The van der Waals surface area contributed by atoms with Crippen molar-refractivity contribution < 1.29 is 8.42 Å². The highest BCUT2D eigenvalue weighted by atomic mass is 35.5. The molecular weight excluding hydrogens is 262 g/mol. The van der Waals surface area contributed by atoms with Gasteiger partial charge in [-0.1, -0.05) is 5.21 Å². The van der Waals surface area contributed by atoms with Crippen LogP contribution >= 0.6 is 11.6 Å². The van der Waals surface area contributed by atoms with Crippen LogP contribution in [-0.4, -0.2) is 39.8 Å². The van der Waals surface area contributed by atoms with Gasteiger partial charge < -0.3 is 0 Å². The predicted octanol–water partition coefficient (Wildman–Crippen LogP) is 1.27. The topological polar surface area (TPSA) is 64.8 Å². The molecule has 0 fully saturated rings. The van der Waals surface area contributed by atoms with E-state index in [1.807, 2.05) is 0 Å². The fraction of sp³-hybridized carbons (Fsp3) is 0.800. The van der Waals surface area contributed by atoms with Crippen LogP contribution in [0.25, 0.3) is 0 Å². The first-order chi connectivity index (χ1) is 7.76. The first-order valence-corrected chi connectivity index (χ1v) is 7.62. The monoisotopic (exact) mass is 279 g/mol. The molecule has 0 bridgehead atoms. The molecule has 0 spiro atoms. The predicted molar refractivity (Wildman–Crippen MR) is 68.0 cm³/mol. The second-order valence-corrected chi connectivity index (χ2v) is 8.08. The van der Waals surface area contributed by atoms with Gasteiger partial charge in [-0.05, 0) is 20.8 Å². The average molecular weight is 280 g/mol. The van der Waals surface area contributed by atoms with Gasteiger partial charge in [0.05, 0.1) is 22.7 Å². The number of alkyl halides is 1. The molecule has 0 aliphatic carbocycles. The highest BCUT2D eigenvalue weighted by Gasteiger charge is 2.28. The molecule has 0 saturated carbocycles. The van der Waals surface area contributed by atoms with Gasteiger partial charge in [0.25, 0.3) is 0 Å². The third kappa shape index (κ3) is 3.96. The lowest BCUT2D eigenvalue weighted by Crippen LogP contribution is -2.32. The van der Waals surface area contributed by atoms with Gasteiger partial charge in [0.2, 0.25) is 0 Å². The van der Waals surface area contributed by atoms with E-state index in [1.54, 1.807) is 31.6 Å². The molecule has 7 heteroatoms. The molecule has 0 amide bonds. The molecule has 0 aliphatic rings. The standard InChI is InChI=1S/C10H18ClN3O2S/c1-10(2,3)17(15,16)7-6-14-8-9(4-5-11)12-13-14/h8H,4-7H2,1-3H3. The second kappa shape index (κ2) is 5.35. The molecule has 0 N–H and O–H groups in total. The molecule has 0 atom stereocenters. The van der Waals surface area contributed by atoms with Gasteiger partial charge in [-0.2, -0.15) is 0 Å². The van der Waals surface area contributed by atoms with E-state index < -0.39 is 14.6 Å². The third-order valence-electron chi connectivity index (χ3n) is 2.46. The SMILES string of the molecule is CC(C)(C)S(=O)(=O)CCn1cc(CCCl)nn1. The fourth-order valence-corrected chi connectivity index (χ4v) is 2.41. The number of sulfone groups is 1. The molecular formula is C10H18ClN3O2S. The third-order valence-corrected chi connectivity index (χ3v) is 5.23. The molecule has 0 unspecified atom stereocenters. The summed E-state index contributed by atoms with van der Waals surface area (Å²) < 4.78 is 24.6. The smallest absolute Gasteiger partial charge is 0.157 e. The summed E-state index contributed by atoms with van der Waals surface area (Å²) in [5, 5.41) is 7.77. The molecule has 1 heterocycles. The lowest BCUT2D eigenvalue weighted by atomic mass is 10.3. The van der Waals surface area contributed by atoms with E-state index in [0.717, 1.165) is 5.69 Å². The van der Waals surface area contributed by atoms with E-state index in [2.05, 4.69) is 10.3 Å². The van der Waals surface area contributed by atoms with E-state index >= 15 is 0 Å². The lowest BCUT2D eigenvalue weighted by molar-refractivity contribution is 0.545. The molecule has 0 aromatic carbocycles. The number of aromatic nitrogens is 3. The van der Waals surface area contributed by atoms with E-state index in [4.69, 9.17) is 11.6 Å². The van der Waals surface area contributed by atoms with Crippen LogP contribution in [0.3, 0.4) is 0 Å². The normalized spacial score (nSPS) is 12.9. The highest BCUT2D eigenvalue weighted by molar-refractivity contribution is 7.92. The first-order valence-electron chi connectivity index (χ1n) is 5.43. The number of hydrogen-bond acceptors (Lipinski definition) is 4. The van der Waals surface area contributed by atoms with Crippen molar-refractivity contribution in [2.45, 2.75) is 38.5 Å². The Labute approximate surface area is 107 Å². The summed E-state index contributed by atoms with van der Waals surface area (Å²) in [6.45, 7) is 5.42. The van der Waals surface area contributed by atoms with E-state index in [0.29, 0.717) is 18.8 Å². The minimum absolute atomic E-state index is 0.0696. The van der Waals surface area contributed by atoms with Crippen molar-refractivity contribution in [2.24, 2.45) is 0 Å². The Morgan fingerprint density at radius 3 is 2.59 bits per heavy atom. The van der Waals surface area contributed by atoms with Gasteiger partial charge in [0.1, 0.15) is 0 Å². The molecule has 0 aliphatic heterocycles. The maximum absolute atomic E-state index is 11.9. The van der Waals surface area contributed by atoms with E-state index in [-0.39, 0.29) is 5.75 Å². The van der Waals surface area contributed by atoms with Gasteiger partial charge >= 0.3 is 0 Å². The number of aryl methyl sites for hydroxylation is 2. The van der Waals surface area contributed by atoms with Crippen molar-refractivity contribution in [2.75, 3.05) is 11.6 Å². The molecule has 1 aromatic rings. The molecule has 17 heavy (non-hydrogen) atoms. The fourth-order valence-electron chi connectivity index (χ4n) is 1.18. The van der Waals surface area contributed by atoms with Crippen LogP contribution in [0.1, 0.15) is 26.5 Å². The van der Waals surface area contributed by atoms with Crippen LogP contribution < -0.4 is 0 Å². The van der Waals surface area contributed by atoms with E-state index in [1.165, 1.54) is 0 Å². The van der Waals surface area contributed by atoms with Gasteiger partial charge in [-0.15, -0.1) is 16.7 Å². The largest absolute Gasteiger partial charge is 0.251 e. The summed E-state index contributed by atoms with van der Waals surface area (Å²) >= 11 is 5.58. The van der Waals surface area contributed by atoms with Gasteiger partial charge in [0, 0.05) is 18.5 Å². The van der Waals surface area contributed by atoms with Crippen molar-refractivity contribution in [1.82, 2.24) is 15.0 Å². The Morgan fingerprint density at radius 1 is 1.41 bits per heavy atom. The molecule has 0 radical (unpaired) electrons. The summed E-state index contributed by atoms with van der Waals surface area (Å²) in [5.41, 5.74) is 0.785. The zero-order valence-electron chi connectivity index (χ0n) is 10.4. The number of halogens is 1. The Bertz CT molecular complexity index is 462. The number of rotatable bonds is 5. The van der Waals surface area contributed by atoms with Crippen LogP contribution in [0.4, 0.5) is 0 Å². The summed E-state index contributed by atoms with van der Waals surface area (Å²) in [5.74, 6) is 0.555. The van der Waals surface area contributed by atoms with Crippen molar-refractivity contribution in [3.05, 3.63) is 11.9 Å². The summed E-state index contributed by atoms with van der Waals surface area (Å²) in [6.07, 6.45) is 2.38. The van der Waals surface area contributed by atoms with Crippen LogP contribution in [0, 0.1) is 0 Å². The van der Waals surface area contributed by atoms with Crippen molar-refractivity contribution in [3.8, 4) is 0 Å². The van der Waals surface area contributed by atoms with Gasteiger partial charge in [-0.25, -0.2) is 8.42 Å². The maximum Gasteiger partial charge on any atom is 0.157 e. The zero-order chi connectivity index (χ0) is 13.1. The van der Waals surface area contributed by atoms with Crippen LogP contribution in [-0.2, 0) is 22.8 Å².